The van der Waals surface area contributed by atoms with E-state index in [0.29, 0.717) is 6.04 Å². The fraction of sp³-hybridized carbons (Fsp3) is 0.647. The molecule has 106 valence electrons. The standard InChI is InChI=1S/C17H27NS/c1-5-10-18-15-7-6-11-19-16-9-8-13(12-14(15)16)17(2,3)4/h8-9,12,15,18H,5-7,10-11H2,1-4H3. The van der Waals surface area contributed by atoms with Gasteiger partial charge < -0.3 is 5.32 Å². The Morgan fingerprint density at radius 3 is 2.79 bits per heavy atom. The molecule has 1 heterocycles. The van der Waals surface area contributed by atoms with Gasteiger partial charge in [-0.3, -0.25) is 0 Å². The van der Waals surface area contributed by atoms with Gasteiger partial charge in [-0.25, -0.2) is 0 Å². The van der Waals surface area contributed by atoms with Crippen molar-refractivity contribution >= 4 is 11.8 Å². The second kappa shape index (κ2) is 6.32. The minimum absolute atomic E-state index is 0.237. The fourth-order valence-electron chi connectivity index (χ4n) is 2.57. The SMILES string of the molecule is CCCNC1CCCSc2ccc(C(C)(C)C)cc21. The molecular formula is C17H27NS. The van der Waals surface area contributed by atoms with Crippen LogP contribution in [0.2, 0.25) is 0 Å². The Morgan fingerprint density at radius 1 is 1.32 bits per heavy atom. The highest BCUT2D eigenvalue weighted by Gasteiger charge is 2.21. The molecule has 1 unspecified atom stereocenters. The third-order valence-corrected chi connectivity index (χ3v) is 4.96. The summed E-state index contributed by atoms with van der Waals surface area (Å²) >= 11 is 2.03. The first-order valence-electron chi connectivity index (χ1n) is 7.53. The summed E-state index contributed by atoms with van der Waals surface area (Å²) in [6.07, 6.45) is 3.79. The number of hydrogen-bond acceptors (Lipinski definition) is 2. The Labute approximate surface area is 122 Å². The summed E-state index contributed by atoms with van der Waals surface area (Å²) in [6, 6.07) is 7.65. The summed E-state index contributed by atoms with van der Waals surface area (Å²) < 4.78 is 0. The summed E-state index contributed by atoms with van der Waals surface area (Å²) in [5.74, 6) is 1.26. The molecule has 0 amide bonds. The molecule has 0 saturated carbocycles. The van der Waals surface area contributed by atoms with Gasteiger partial charge in [0.2, 0.25) is 0 Å². The van der Waals surface area contributed by atoms with Crippen LogP contribution in [0.5, 0.6) is 0 Å². The highest BCUT2D eigenvalue weighted by molar-refractivity contribution is 7.99. The lowest BCUT2D eigenvalue weighted by molar-refractivity contribution is 0.490. The maximum atomic E-state index is 3.73. The van der Waals surface area contributed by atoms with Crippen molar-refractivity contribution in [2.45, 2.75) is 63.3 Å². The Morgan fingerprint density at radius 2 is 2.11 bits per heavy atom. The first kappa shape index (κ1) is 14.9. The fourth-order valence-corrected chi connectivity index (χ4v) is 3.64. The second-order valence-corrected chi connectivity index (χ2v) is 7.64. The van der Waals surface area contributed by atoms with E-state index >= 15 is 0 Å². The molecule has 1 aromatic carbocycles. The van der Waals surface area contributed by atoms with Crippen LogP contribution in [0.1, 0.15) is 64.1 Å². The molecule has 2 heteroatoms. The van der Waals surface area contributed by atoms with Gasteiger partial charge in [0.25, 0.3) is 0 Å². The molecule has 1 aromatic rings. The van der Waals surface area contributed by atoms with Gasteiger partial charge in [-0.05, 0) is 54.2 Å². The average Bonchev–Trinajstić information content (AvgIpc) is 2.56. The first-order valence-corrected chi connectivity index (χ1v) is 8.51. The maximum absolute atomic E-state index is 3.73. The number of benzene rings is 1. The summed E-state index contributed by atoms with van der Waals surface area (Å²) in [5.41, 5.74) is 3.22. The van der Waals surface area contributed by atoms with Gasteiger partial charge in [0.1, 0.15) is 0 Å². The molecule has 2 rings (SSSR count). The molecule has 0 radical (unpaired) electrons. The van der Waals surface area contributed by atoms with E-state index < -0.39 is 0 Å². The van der Waals surface area contributed by atoms with Crippen LogP contribution >= 0.6 is 11.8 Å². The van der Waals surface area contributed by atoms with Gasteiger partial charge in [-0.1, -0.05) is 39.8 Å². The van der Waals surface area contributed by atoms with Crippen LogP contribution in [0, 0.1) is 0 Å². The largest absolute Gasteiger partial charge is 0.310 e. The molecule has 1 atom stereocenters. The van der Waals surface area contributed by atoms with E-state index in [2.05, 4.69) is 51.2 Å². The third kappa shape index (κ3) is 3.76. The molecule has 0 spiro atoms. The maximum Gasteiger partial charge on any atom is 0.0331 e. The van der Waals surface area contributed by atoms with Gasteiger partial charge in [-0.15, -0.1) is 11.8 Å². The van der Waals surface area contributed by atoms with Gasteiger partial charge in [0, 0.05) is 10.9 Å². The zero-order valence-electron chi connectivity index (χ0n) is 12.8. The van der Waals surface area contributed by atoms with Crippen molar-refractivity contribution in [3.8, 4) is 0 Å². The molecule has 0 saturated heterocycles. The molecule has 19 heavy (non-hydrogen) atoms. The Balaban J connectivity index is 2.33. The highest BCUT2D eigenvalue weighted by atomic mass is 32.2. The predicted molar refractivity (Wildman–Crippen MR) is 86.1 cm³/mol. The Hall–Kier alpha value is -0.470. The van der Waals surface area contributed by atoms with Crippen LogP contribution in [0.15, 0.2) is 23.1 Å². The van der Waals surface area contributed by atoms with E-state index in [4.69, 9.17) is 0 Å². The lowest BCUT2D eigenvalue weighted by atomic mass is 9.85. The summed E-state index contributed by atoms with van der Waals surface area (Å²) in [7, 11) is 0. The van der Waals surface area contributed by atoms with E-state index in [0.717, 1.165) is 6.54 Å². The molecule has 1 N–H and O–H groups in total. The monoisotopic (exact) mass is 277 g/mol. The van der Waals surface area contributed by atoms with Crippen molar-refractivity contribution in [2.75, 3.05) is 12.3 Å². The molecule has 0 aliphatic carbocycles. The van der Waals surface area contributed by atoms with E-state index in [1.807, 2.05) is 11.8 Å². The molecule has 0 aromatic heterocycles. The number of thioether (sulfide) groups is 1. The normalized spacial score (nSPS) is 19.9. The molecule has 0 fully saturated rings. The lowest BCUT2D eigenvalue weighted by Crippen LogP contribution is -2.23. The number of nitrogens with one attached hydrogen (secondary N) is 1. The van der Waals surface area contributed by atoms with Gasteiger partial charge in [-0.2, -0.15) is 0 Å². The van der Waals surface area contributed by atoms with Crippen LogP contribution in [-0.2, 0) is 5.41 Å². The van der Waals surface area contributed by atoms with Crippen LogP contribution in [-0.4, -0.2) is 12.3 Å². The van der Waals surface area contributed by atoms with Gasteiger partial charge in [0.05, 0.1) is 0 Å². The minimum Gasteiger partial charge on any atom is -0.310 e. The minimum atomic E-state index is 0.237. The van der Waals surface area contributed by atoms with Crippen molar-refractivity contribution in [2.24, 2.45) is 0 Å². The highest BCUT2D eigenvalue weighted by Crippen LogP contribution is 2.37. The van der Waals surface area contributed by atoms with E-state index in [1.165, 1.54) is 41.0 Å². The molecule has 1 aliphatic rings. The lowest BCUT2D eigenvalue weighted by Gasteiger charge is -2.24. The quantitative estimate of drug-likeness (QED) is 0.842. The van der Waals surface area contributed by atoms with Crippen LogP contribution < -0.4 is 5.32 Å². The molecule has 0 bridgehead atoms. The summed E-state index contributed by atoms with van der Waals surface area (Å²) in [5, 5.41) is 3.73. The average molecular weight is 277 g/mol. The number of rotatable bonds is 3. The van der Waals surface area contributed by atoms with E-state index in [1.54, 1.807) is 0 Å². The Kier molecular flexibility index (Phi) is 4.97. The third-order valence-electron chi connectivity index (χ3n) is 3.79. The number of fused-ring (bicyclic) bond motifs is 1. The van der Waals surface area contributed by atoms with Gasteiger partial charge >= 0.3 is 0 Å². The smallest absolute Gasteiger partial charge is 0.0331 e. The predicted octanol–water partition coefficient (Wildman–Crippen LogP) is 4.91. The van der Waals surface area contributed by atoms with E-state index in [-0.39, 0.29) is 5.41 Å². The Bertz CT molecular complexity index is 420. The molecular weight excluding hydrogens is 250 g/mol. The first-order chi connectivity index (χ1) is 9.02. The van der Waals surface area contributed by atoms with Crippen molar-refractivity contribution in [1.82, 2.24) is 5.32 Å². The van der Waals surface area contributed by atoms with E-state index in [9.17, 15) is 0 Å². The zero-order valence-corrected chi connectivity index (χ0v) is 13.6. The van der Waals surface area contributed by atoms with Crippen LogP contribution in [0.3, 0.4) is 0 Å². The second-order valence-electron chi connectivity index (χ2n) is 6.50. The van der Waals surface area contributed by atoms with Crippen molar-refractivity contribution in [1.29, 1.82) is 0 Å². The molecule has 1 nitrogen and oxygen atoms in total. The number of hydrogen-bond donors (Lipinski definition) is 1. The topological polar surface area (TPSA) is 12.0 Å². The van der Waals surface area contributed by atoms with Crippen molar-refractivity contribution < 1.29 is 0 Å². The van der Waals surface area contributed by atoms with Crippen molar-refractivity contribution in [3.05, 3.63) is 29.3 Å². The van der Waals surface area contributed by atoms with Crippen LogP contribution in [0.25, 0.3) is 0 Å². The van der Waals surface area contributed by atoms with Crippen molar-refractivity contribution in [3.63, 3.8) is 0 Å². The van der Waals surface area contributed by atoms with Crippen LogP contribution in [0.4, 0.5) is 0 Å². The summed E-state index contributed by atoms with van der Waals surface area (Å²) in [6.45, 7) is 10.3. The van der Waals surface area contributed by atoms with Gasteiger partial charge in [0.15, 0.2) is 0 Å². The molecule has 1 aliphatic heterocycles. The zero-order chi connectivity index (χ0) is 13.9. The summed E-state index contributed by atoms with van der Waals surface area (Å²) in [4.78, 5) is 1.49.